The maximum atomic E-state index is 13.9. The second-order valence-corrected chi connectivity index (χ2v) is 15.6. The molecule has 0 bridgehead atoms. The number of carboxylic acids is 1. The number of hydrogen-bond acceptors (Lipinski definition) is 13. The molecule has 1 heterocycles. The fraction of sp³-hybridized carbons (Fsp3) is 0.500. The summed E-state index contributed by atoms with van der Waals surface area (Å²) in [4.78, 5) is 118. The Morgan fingerprint density at radius 1 is 0.656 bits per heavy atom. The third-order valence-corrected chi connectivity index (χ3v) is 10.2. The van der Waals surface area contributed by atoms with Crippen molar-refractivity contribution in [2.75, 3.05) is 32.8 Å². The molecule has 22 nitrogen and oxygen atoms in total. The van der Waals surface area contributed by atoms with Gasteiger partial charge in [-0.05, 0) is 36.8 Å². The highest BCUT2D eigenvalue weighted by molar-refractivity contribution is 5.97. The highest BCUT2D eigenvalue weighted by Gasteiger charge is 2.38. The Balaban J connectivity index is 1.71. The highest BCUT2D eigenvalue weighted by Crippen LogP contribution is 2.18. The van der Waals surface area contributed by atoms with Crippen molar-refractivity contribution in [3.05, 3.63) is 71.8 Å². The van der Waals surface area contributed by atoms with Crippen molar-refractivity contribution >= 4 is 53.2 Å². The van der Waals surface area contributed by atoms with Crippen molar-refractivity contribution < 1.29 is 63.6 Å². The Bertz CT molecular complexity index is 1940. The van der Waals surface area contributed by atoms with Crippen molar-refractivity contribution in [1.29, 1.82) is 0 Å². The number of carbonyl (C=O) groups excluding carboxylic acids is 8. The quantitative estimate of drug-likeness (QED) is 0.0473. The molecule has 0 saturated carbocycles. The van der Waals surface area contributed by atoms with Gasteiger partial charge in [0.2, 0.25) is 47.3 Å². The van der Waals surface area contributed by atoms with Crippen LogP contribution in [0.15, 0.2) is 60.7 Å². The fourth-order valence-electron chi connectivity index (χ4n) is 6.69. The van der Waals surface area contributed by atoms with E-state index in [1.165, 1.54) is 11.8 Å². The van der Waals surface area contributed by atoms with Gasteiger partial charge in [0.1, 0.15) is 48.8 Å². The van der Waals surface area contributed by atoms with E-state index in [2.05, 4.69) is 37.2 Å². The molecule has 1 aliphatic rings. The van der Waals surface area contributed by atoms with E-state index in [-0.39, 0.29) is 25.8 Å². The molecular weight excluding hydrogens is 839 g/mol. The van der Waals surface area contributed by atoms with Crippen LogP contribution in [0.25, 0.3) is 0 Å². The summed E-state index contributed by atoms with van der Waals surface area (Å²) in [6.07, 6.45) is -1.03. The number of aliphatic carboxylic acids is 1. The molecule has 1 fully saturated rings. The van der Waals surface area contributed by atoms with E-state index >= 15 is 0 Å². The predicted molar refractivity (Wildman–Crippen MR) is 227 cm³/mol. The summed E-state index contributed by atoms with van der Waals surface area (Å²) in [6.45, 7) is 1.66. The van der Waals surface area contributed by atoms with E-state index in [0.717, 1.165) is 0 Å². The van der Waals surface area contributed by atoms with Gasteiger partial charge in [-0.1, -0.05) is 74.5 Å². The molecule has 0 radical (unpaired) electrons. The first kappa shape index (κ1) is 51.9. The van der Waals surface area contributed by atoms with E-state index < -0.39 is 134 Å². The van der Waals surface area contributed by atoms with Crippen LogP contribution in [0.1, 0.15) is 44.7 Å². The van der Waals surface area contributed by atoms with Gasteiger partial charge < -0.3 is 68.3 Å². The number of nitrogens with zero attached hydrogens (tertiary/aromatic N) is 1. The molecule has 22 heteroatoms. The minimum Gasteiger partial charge on any atom is -0.480 e. The van der Waals surface area contributed by atoms with Gasteiger partial charge in [-0.15, -0.1) is 0 Å². The van der Waals surface area contributed by atoms with Crippen LogP contribution in [0.4, 0.5) is 0 Å². The molecule has 2 aromatic rings. The zero-order valence-corrected chi connectivity index (χ0v) is 35.8. The van der Waals surface area contributed by atoms with Gasteiger partial charge in [0.05, 0.1) is 25.9 Å². The topological polar surface area (TPSA) is 348 Å². The lowest BCUT2D eigenvalue weighted by Crippen LogP contribution is -2.62. The Labute approximate surface area is 369 Å². The van der Waals surface area contributed by atoms with Crippen molar-refractivity contribution in [1.82, 2.24) is 42.1 Å². The summed E-state index contributed by atoms with van der Waals surface area (Å²) in [5, 5.41) is 55.8. The molecule has 0 unspecified atom stereocenters. The number of nitrogens with two attached hydrogens (primary N) is 1. The monoisotopic (exact) mass is 897 g/mol. The number of carboxylic acid groups (broad SMARTS) is 1. The Morgan fingerprint density at radius 2 is 1.17 bits per heavy atom. The van der Waals surface area contributed by atoms with Crippen LogP contribution >= 0.6 is 0 Å². The molecule has 0 aromatic heterocycles. The van der Waals surface area contributed by atoms with Crippen LogP contribution in [0.5, 0.6) is 0 Å². The van der Waals surface area contributed by atoms with E-state index in [1.54, 1.807) is 74.5 Å². The van der Waals surface area contributed by atoms with Crippen molar-refractivity contribution in [3.8, 4) is 0 Å². The molecule has 8 amide bonds. The number of likely N-dealkylation sites (tertiary alicyclic amines) is 1. The van der Waals surface area contributed by atoms with Gasteiger partial charge in [0.15, 0.2) is 0 Å². The molecule has 3 rings (SSSR count). The third kappa shape index (κ3) is 16.0. The largest absolute Gasteiger partial charge is 0.480 e. The first-order valence-corrected chi connectivity index (χ1v) is 20.7. The number of hydrogen-bond donors (Lipinski definition) is 12. The van der Waals surface area contributed by atoms with Crippen LogP contribution in [0.3, 0.4) is 0 Å². The molecule has 350 valence electrons. The second-order valence-electron chi connectivity index (χ2n) is 15.6. The minimum absolute atomic E-state index is 0.0685. The number of nitrogens with one attached hydrogen (secondary N) is 7. The molecule has 0 aliphatic carbocycles. The number of amides is 8. The summed E-state index contributed by atoms with van der Waals surface area (Å²) in [5.41, 5.74) is 6.82. The number of benzene rings is 2. The average Bonchev–Trinajstić information content (AvgIpc) is 3.77. The van der Waals surface area contributed by atoms with Gasteiger partial charge in [-0.3, -0.25) is 43.2 Å². The second kappa shape index (κ2) is 25.6. The summed E-state index contributed by atoms with van der Waals surface area (Å²) in [7, 11) is 0. The zero-order chi connectivity index (χ0) is 47.5. The van der Waals surface area contributed by atoms with Gasteiger partial charge in [-0.25, -0.2) is 0 Å². The first-order valence-electron chi connectivity index (χ1n) is 20.7. The van der Waals surface area contributed by atoms with Crippen LogP contribution in [-0.2, 0) is 56.0 Å². The molecule has 13 N–H and O–H groups in total. The molecule has 2 aromatic carbocycles. The predicted octanol–water partition coefficient (Wildman–Crippen LogP) is -4.45. The lowest BCUT2D eigenvalue weighted by Gasteiger charge is -2.28. The Kier molecular flexibility index (Phi) is 20.7. The number of carbonyl (C=O) groups is 9. The molecule has 1 saturated heterocycles. The van der Waals surface area contributed by atoms with E-state index in [9.17, 15) is 58.5 Å². The summed E-state index contributed by atoms with van der Waals surface area (Å²) in [5.74, 6) is -8.73. The van der Waals surface area contributed by atoms with Crippen molar-refractivity contribution in [3.63, 3.8) is 0 Å². The lowest BCUT2D eigenvalue weighted by molar-refractivity contribution is -0.141. The molecule has 0 spiro atoms. The van der Waals surface area contributed by atoms with E-state index in [0.29, 0.717) is 17.5 Å². The number of rotatable bonds is 24. The van der Waals surface area contributed by atoms with Gasteiger partial charge in [0, 0.05) is 19.4 Å². The molecule has 8 atom stereocenters. The van der Waals surface area contributed by atoms with Crippen LogP contribution in [-0.4, -0.2) is 160 Å². The standard InChI is InChI=1S/C42H59N9O13/c1-23(2)34(49-32(55)19-44-37(59)30(22-53)48-39(61)31-15-10-16-51(31)42(64)27(43)21-52)40(62)47-29(18-26-13-8-5-9-14-26)38(60)50-35(24(3)54)41(63)46-28(36(58)45-20-33(56)57)17-25-11-6-4-7-12-25/h4-9,11-14,23-24,27-31,34-35,52-54H,10,15-22,43H2,1-3H3,(H,44,59)(H,45,58)(H,46,63)(H,47,62)(H,48,61)(H,49,55)(H,50,60)(H,56,57)/t24-,27+,28+,29+,30+,31+,34+,35+/m1/s1. The maximum absolute atomic E-state index is 13.9. The van der Waals surface area contributed by atoms with Crippen LogP contribution < -0.4 is 43.0 Å². The van der Waals surface area contributed by atoms with Crippen molar-refractivity contribution in [2.24, 2.45) is 11.7 Å². The SMILES string of the molecule is CC(C)[C@H](NC(=O)CNC(=O)[C@H](CO)NC(=O)[C@@H]1CCCN1C(=O)[C@@H](N)CO)C(=O)N[C@@H](Cc1ccccc1)C(=O)N[C@H](C(=O)N[C@@H](Cc1ccccc1)C(=O)NCC(=O)O)[C@@H](C)O. The smallest absolute Gasteiger partial charge is 0.322 e. The normalized spacial score (nSPS) is 16.7. The molecular formula is C42H59N9O13. The van der Waals surface area contributed by atoms with Crippen LogP contribution in [0.2, 0.25) is 0 Å². The zero-order valence-electron chi connectivity index (χ0n) is 35.8. The molecule has 1 aliphatic heterocycles. The Morgan fingerprint density at radius 3 is 1.67 bits per heavy atom. The van der Waals surface area contributed by atoms with E-state index in [4.69, 9.17) is 10.8 Å². The van der Waals surface area contributed by atoms with Crippen molar-refractivity contribution in [2.45, 2.75) is 94.9 Å². The number of aliphatic hydroxyl groups is 3. The summed E-state index contributed by atoms with van der Waals surface area (Å²) >= 11 is 0. The number of aliphatic hydroxyl groups excluding tert-OH is 3. The fourth-order valence-corrected chi connectivity index (χ4v) is 6.69. The summed E-state index contributed by atoms with van der Waals surface area (Å²) in [6, 6.07) is 7.50. The first-order chi connectivity index (χ1) is 30.4. The maximum Gasteiger partial charge on any atom is 0.322 e. The molecule has 64 heavy (non-hydrogen) atoms. The third-order valence-electron chi connectivity index (χ3n) is 10.2. The van der Waals surface area contributed by atoms with Gasteiger partial charge in [-0.2, -0.15) is 0 Å². The van der Waals surface area contributed by atoms with E-state index in [1.807, 2.05) is 0 Å². The average molecular weight is 898 g/mol. The minimum atomic E-state index is -1.67. The summed E-state index contributed by atoms with van der Waals surface area (Å²) < 4.78 is 0. The highest BCUT2D eigenvalue weighted by atomic mass is 16.4. The van der Waals surface area contributed by atoms with Crippen LogP contribution in [0, 0.1) is 5.92 Å². The Hall–Kier alpha value is -6.49. The van der Waals surface area contributed by atoms with Gasteiger partial charge >= 0.3 is 5.97 Å². The lowest BCUT2D eigenvalue weighted by atomic mass is 10.00. The van der Waals surface area contributed by atoms with Gasteiger partial charge in [0.25, 0.3) is 0 Å².